The topological polar surface area (TPSA) is 96.9 Å². The molecular formula is C21H25N9O. The van der Waals surface area contributed by atoms with Crippen LogP contribution in [0.15, 0.2) is 36.8 Å². The van der Waals surface area contributed by atoms with E-state index < -0.39 is 0 Å². The summed E-state index contributed by atoms with van der Waals surface area (Å²) in [5.41, 5.74) is 3.56. The van der Waals surface area contributed by atoms with Crippen LogP contribution in [0.4, 0.5) is 11.8 Å². The van der Waals surface area contributed by atoms with Crippen LogP contribution in [0.1, 0.15) is 12.8 Å². The number of likely N-dealkylation sites (tertiary alicyclic amines) is 1. The van der Waals surface area contributed by atoms with Crippen molar-refractivity contribution in [1.29, 1.82) is 0 Å². The molecule has 160 valence electrons. The van der Waals surface area contributed by atoms with Crippen molar-refractivity contribution < 1.29 is 4.74 Å². The summed E-state index contributed by atoms with van der Waals surface area (Å²) in [6, 6.07) is 6.87. The van der Waals surface area contributed by atoms with Crippen molar-refractivity contribution in [2.45, 2.75) is 24.9 Å². The Morgan fingerprint density at radius 1 is 1.03 bits per heavy atom. The van der Waals surface area contributed by atoms with E-state index in [1.807, 2.05) is 42.2 Å². The Kier molecular flexibility index (Phi) is 4.46. The molecule has 10 heteroatoms. The number of nitrogens with one attached hydrogen (secondary N) is 2. The van der Waals surface area contributed by atoms with E-state index in [0.717, 1.165) is 67.4 Å². The van der Waals surface area contributed by atoms with Crippen LogP contribution in [0.3, 0.4) is 0 Å². The van der Waals surface area contributed by atoms with Gasteiger partial charge in [-0.1, -0.05) is 0 Å². The van der Waals surface area contributed by atoms with Gasteiger partial charge >= 0.3 is 0 Å². The molecule has 0 aromatic carbocycles. The number of aromatic nitrogens is 6. The molecule has 0 atom stereocenters. The number of hydrogen-bond acceptors (Lipinski definition) is 8. The van der Waals surface area contributed by atoms with E-state index in [1.54, 1.807) is 10.7 Å². The molecule has 4 aromatic rings. The van der Waals surface area contributed by atoms with Gasteiger partial charge in [0.05, 0.1) is 31.1 Å². The molecule has 2 aliphatic heterocycles. The predicted molar refractivity (Wildman–Crippen MR) is 117 cm³/mol. The van der Waals surface area contributed by atoms with Gasteiger partial charge in [-0.15, -0.1) is 5.10 Å². The third-order valence-electron chi connectivity index (χ3n) is 6.28. The zero-order valence-electron chi connectivity index (χ0n) is 17.4. The van der Waals surface area contributed by atoms with Crippen molar-refractivity contribution in [3.8, 4) is 11.3 Å². The van der Waals surface area contributed by atoms with Crippen LogP contribution in [0, 0.1) is 0 Å². The molecule has 0 amide bonds. The lowest BCUT2D eigenvalue weighted by Crippen LogP contribution is -2.53. The van der Waals surface area contributed by atoms with Crippen molar-refractivity contribution in [3.05, 3.63) is 36.8 Å². The van der Waals surface area contributed by atoms with E-state index in [2.05, 4.69) is 20.6 Å². The summed E-state index contributed by atoms with van der Waals surface area (Å²) in [4.78, 5) is 12.0. The summed E-state index contributed by atoms with van der Waals surface area (Å²) in [5, 5.41) is 15.7. The maximum absolute atomic E-state index is 5.33. The van der Waals surface area contributed by atoms with Crippen molar-refractivity contribution in [1.82, 2.24) is 34.1 Å². The van der Waals surface area contributed by atoms with Gasteiger partial charge in [-0.2, -0.15) is 10.1 Å². The van der Waals surface area contributed by atoms with Crippen LogP contribution in [0.5, 0.6) is 0 Å². The number of nitrogens with zero attached hydrogens (tertiary/aromatic N) is 7. The lowest BCUT2D eigenvalue weighted by molar-refractivity contribution is -0.0705. The number of rotatable bonds is 5. The maximum Gasteiger partial charge on any atom is 0.243 e. The highest BCUT2D eigenvalue weighted by Gasteiger charge is 2.30. The first kappa shape index (κ1) is 18.5. The molecule has 0 unspecified atom stereocenters. The number of fused-ring (bicyclic) bond motifs is 2. The molecule has 10 nitrogen and oxygen atoms in total. The summed E-state index contributed by atoms with van der Waals surface area (Å²) in [6.07, 6.45) is 7.78. The largest absolute Gasteiger partial charge is 0.378 e. The Labute approximate surface area is 179 Å². The number of piperidine rings is 1. The first-order chi connectivity index (χ1) is 15.3. The zero-order chi connectivity index (χ0) is 20.8. The van der Waals surface area contributed by atoms with E-state index in [1.165, 1.54) is 0 Å². The lowest BCUT2D eigenvalue weighted by atomic mass is 10.0. The Hall–Kier alpha value is -3.24. The highest BCUT2D eigenvalue weighted by molar-refractivity contribution is 5.87. The van der Waals surface area contributed by atoms with Gasteiger partial charge in [0.15, 0.2) is 11.5 Å². The van der Waals surface area contributed by atoms with Gasteiger partial charge in [-0.05, 0) is 25.0 Å². The maximum atomic E-state index is 5.33. The van der Waals surface area contributed by atoms with Gasteiger partial charge in [0.25, 0.3) is 0 Å². The van der Waals surface area contributed by atoms with Crippen LogP contribution >= 0.6 is 0 Å². The monoisotopic (exact) mass is 419 g/mol. The van der Waals surface area contributed by atoms with E-state index in [4.69, 9.17) is 19.8 Å². The summed E-state index contributed by atoms with van der Waals surface area (Å²) in [6.45, 7) is 3.93. The molecule has 31 heavy (non-hydrogen) atoms. The fraction of sp³-hybridized carbons (Fsp3) is 0.429. The van der Waals surface area contributed by atoms with Crippen molar-refractivity contribution in [2.24, 2.45) is 0 Å². The SMILES string of the molecule is CNc1nc(NC2CCN(C3COC3)CC2)nn2ccc(-c3ccn4nccc4n3)c12. The Balaban J connectivity index is 1.26. The second-order valence-electron chi connectivity index (χ2n) is 8.15. The van der Waals surface area contributed by atoms with Gasteiger partial charge in [0, 0.05) is 50.2 Å². The summed E-state index contributed by atoms with van der Waals surface area (Å²) in [7, 11) is 1.88. The van der Waals surface area contributed by atoms with E-state index >= 15 is 0 Å². The van der Waals surface area contributed by atoms with Gasteiger partial charge in [-0.25, -0.2) is 14.0 Å². The Morgan fingerprint density at radius 2 is 1.87 bits per heavy atom. The standard InChI is InChI=1S/C21H25N9O/c1-22-20-19-16(17-6-11-29-18(25-17)2-7-23-29)5-10-30(19)27-21(26-20)24-14-3-8-28(9-4-14)15-12-31-13-15/h2,5-7,10-11,14-15H,3-4,8-9,12-13H2,1H3,(H2,22,24,26,27). The van der Waals surface area contributed by atoms with Gasteiger partial charge in [0.2, 0.25) is 5.95 Å². The summed E-state index contributed by atoms with van der Waals surface area (Å²) < 4.78 is 8.96. The van der Waals surface area contributed by atoms with E-state index in [0.29, 0.717) is 18.0 Å². The second-order valence-corrected chi connectivity index (χ2v) is 8.15. The first-order valence-corrected chi connectivity index (χ1v) is 10.7. The molecule has 0 aliphatic carbocycles. The smallest absolute Gasteiger partial charge is 0.243 e. The third-order valence-corrected chi connectivity index (χ3v) is 6.28. The van der Waals surface area contributed by atoms with Crippen LogP contribution in [0.25, 0.3) is 22.4 Å². The third kappa shape index (κ3) is 3.28. The molecule has 0 saturated carbocycles. The molecule has 6 rings (SSSR count). The van der Waals surface area contributed by atoms with Gasteiger partial charge in [-0.3, -0.25) is 4.90 Å². The molecule has 6 heterocycles. The number of ether oxygens (including phenoxy) is 1. The summed E-state index contributed by atoms with van der Waals surface area (Å²) in [5.74, 6) is 1.42. The van der Waals surface area contributed by atoms with Crippen LogP contribution in [0.2, 0.25) is 0 Å². The zero-order valence-corrected chi connectivity index (χ0v) is 17.4. The fourth-order valence-corrected chi connectivity index (χ4v) is 4.45. The highest BCUT2D eigenvalue weighted by atomic mass is 16.5. The highest BCUT2D eigenvalue weighted by Crippen LogP contribution is 2.29. The van der Waals surface area contributed by atoms with Gasteiger partial charge < -0.3 is 15.4 Å². The minimum Gasteiger partial charge on any atom is -0.378 e. The average Bonchev–Trinajstić information content (AvgIpc) is 3.39. The van der Waals surface area contributed by atoms with Crippen molar-refractivity contribution >= 4 is 22.9 Å². The molecule has 0 bridgehead atoms. The van der Waals surface area contributed by atoms with Gasteiger partial charge in [0.1, 0.15) is 5.52 Å². The van der Waals surface area contributed by atoms with E-state index in [9.17, 15) is 0 Å². The van der Waals surface area contributed by atoms with E-state index in [-0.39, 0.29) is 0 Å². The molecular weight excluding hydrogens is 394 g/mol. The van der Waals surface area contributed by atoms with Crippen LogP contribution in [-0.2, 0) is 4.74 Å². The quantitative estimate of drug-likeness (QED) is 0.505. The summed E-state index contributed by atoms with van der Waals surface area (Å²) >= 11 is 0. The molecule has 2 saturated heterocycles. The molecule has 0 spiro atoms. The molecule has 2 N–H and O–H groups in total. The Morgan fingerprint density at radius 3 is 2.65 bits per heavy atom. The van der Waals surface area contributed by atoms with Crippen LogP contribution < -0.4 is 10.6 Å². The average molecular weight is 419 g/mol. The second kappa shape index (κ2) is 7.47. The lowest BCUT2D eigenvalue weighted by Gasteiger charge is -2.41. The molecule has 0 radical (unpaired) electrons. The molecule has 2 aliphatic rings. The fourth-order valence-electron chi connectivity index (χ4n) is 4.45. The number of anilines is 2. The minimum absolute atomic E-state index is 0.375. The molecule has 2 fully saturated rings. The first-order valence-electron chi connectivity index (χ1n) is 10.7. The van der Waals surface area contributed by atoms with Crippen molar-refractivity contribution in [2.75, 3.05) is 44.0 Å². The van der Waals surface area contributed by atoms with Crippen molar-refractivity contribution in [3.63, 3.8) is 0 Å². The number of hydrogen-bond donors (Lipinski definition) is 2. The van der Waals surface area contributed by atoms with Crippen LogP contribution in [-0.4, -0.2) is 79.5 Å². The molecule has 4 aromatic heterocycles. The predicted octanol–water partition coefficient (Wildman–Crippen LogP) is 1.76. The Bertz CT molecular complexity index is 1220. The minimum atomic E-state index is 0.375. The normalized spacial score (nSPS) is 18.5.